The molecule has 0 saturated carbocycles. The van der Waals surface area contributed by atoms with E-state index in [-0.39, 0.29) is 0 Å². The second-order valence-electron chi connectivity index (χ2n) is 17.8. The predicted molar refractivity (Wildman–Crippen MR) is 305 cm³/mol. The SMILES string of the molecule is Bc1c(B)c(B)c(-c2cccc(-c3c4ccccc4c(-c4ccccc4-c4nc5ccccc5n4-c4ccccc4)c4ccc(-c5c(B)c(B)c(B)c(B)c5B)cc34)c2)c(B)c1B. The summed E-state index contributed by atoms with van der Waals surface area (Å²) in [6, 6.07) is 53.7. The normalized spacial score (nSPS) is 11.5. The van der Waals surface area contributed by atoms with Crippen LogP contribution in [0.1, 0.15) is 0 Å². The number of imidazole rings is 1. The maximum absolute atomic E-state index is 5.40. The van der Waals surface area contributed by atoms with E-state index in [0.29, 0.717) is 0 Å². The molecule has 10 aromatic rings. The average molecular weight is 793 g/mol. The first-order chi connectivity index (χ1) is 30.5. The van der Waals surface area contributed by atoms with E-state index in [9.17, 15) is 0 Å². The average Bonchev–Trinajstić information content (AvgIpc) is 3.71. The summed E-state index contributed by atoms with van der Waals surface area (Å²) in [5, 5.41) is 4.91. The highest BCUT2D eigenvalue weighted by molar-refractivity contribution is 6.70. The molecule has 0 aliphatic carbocycles. The van der Waals surface area contributed by atoms with Crippen LogP contribution in [0.4, 0.5) is 0 Å². The molecule has 0 spiro atoms. The van der Waals surface area contributed by atoms with Gasteiger partial charge in [0.15, 0.2) is 0 Å². The number of fused-ring (bicyclic) bond motifs is 3. The van der Waals surface area contributed by atoms with Crippen LogP contribution in [0.5, 0.6) is 0 Å². The minimum Gasteiger partial charge on any atom is -0.292 e. The van der Waals surface area contributed by atoms with Gasteiger partial charge >= 0.3 is 0 Å². The molecule has 0 aliphatic heterocycles. The Morgan fingerprint density at radius 3 is 1.40 bits per heavy atom. The van der Waals surface area contributed by atoms with Crippen LogP contribution >= 0.6 is 0 Å². The summed E-state index contributed by atoms with van der Waals surface area (Å²) in [7, 11) is 22.8. The molecule has 0 bridgehead atoms. The van der Waals surface area contributed by atoms with Crippen LogP contribution < -0.4 is 54.6 Å². The van der Waals surface area contributed by atoms with Crippen molar-refractivity contribution in [2.45, 2.75) is 0 Å². The third-order valence-electron chi connectivity index (χ3n) is 14.8. The Kier molecular flexibility index (Phi) is 10.2. The van der Waals surface area contributed by atoms with Crippen molar-refractivity contribution in [2.75, 3.05) is 0 Å². The Labute approximate surface area is 380 Å². The topological polar surface area (TPSA) is 17.8 Å². The van der Waals surface area contributed by atoms with E-state index < -0.39 is 0 Å². The Morgan fingerprint density at radius 1 is 0.317 bits per heavy atom. The van der Waals surface area contributed by atoms with Gasteiger partial charge in [0.1, 0.15) is 84.3 Å². The van der Waals surface area contributed by atoms with Gasteiger partial charge in [0.2, 0.25) is 0 Å². The van der Waals surface area contributed by atoms with E-state index >= 15 is 0 Å². The fourth-order valence-corrected chi connectivity index (χ4v) is 10.6. The van der Waals surface area contributed by atoms with E-state index in [2.05, 4.69) is 229 Å². The van der Waals surface area contributed by atoms with E-state index in [1.807, 2.05) is 0 Å². The lowest BCUT2D eigenvalue weighted by Crippen LogP contribution is -2.55. The molecule has 0 N–H and O–H groups in total. The van der Waals surface area contributed by atoms with Crippen LogP contribution in [-0.4, -0.2) is 88.0 Å². The summed E-state index contributed by atoms with van der Waals surface area (Å²) in [5.41, 5.74) is 27.9. The molecule has 1 aromatic heterocycles. The molecule has 0 amide bonds. The summed E-state index contributed by atoms with van der Waals surface area (Å²) in [6.45, 7) is 0. The molecule has 2 nitrogen and oxygen atoms in total. The molecule has 9 aromatic carbocycles. The van der Waals surface area contributed by atoms with Gasteiger partial charge in [0.05, 0.1) is 11.0 Å². The highest BCUT2D eigenvalue weighted by Gasteiger charge is 2.24. The van der Waals surface area contributed by atoms with Crippen LogP contribution in [0.3, 0.4) is 0 Å². The van der Waals surface area contributed by atoms with E-state index in [1.165, 1.54) is 115 Å². The molecule has 1 heterocycles. The lowest BCUT2D eigenvalue weighted by molar-refractivity contribution is 1.10. The third kappa shape index (κ3) is 6.44. The second-order valence-corrected chi connectivity index (χ2v) is 17.8. The molecule has 0 fully saturated rings. The van der Waals surface area contributed by atoms with E-state index in [0.717, 1.165) is 33.7 Å². The monoisotopic (exact) mass is 794 g/mol. The van der Waals surface area contributed by atoms with Crippen LogP contribution in [0, 0.1) is 0 Å². The molecule has 63 heavy (non-hydrogen) atoms. The molecule has 10 rings (SSSR count). The Hall–Kier alpha value is -6.38. The van der Waals surface area contributed by atoms with Crippen molar-refractivity contribution in [1.82, 2.24) is 9.55 Å². The summed E-state index contributed by atoms with van der Waals surface area (Å²) in [5.74, 6) is 0.926. The smallest absolute Gasteiger partial charge is 0.146 e. The summed E-state index contributed by atoms with van der Waals surface area (Å²) in [6.07, 6.45) is 0. The van der Waals surface area contributed by atoms with Crippen molar-refractivity contribution in [3.63, 3.8) is 0 Å². The van der Waals surface area contributed by atoms with Crippen LogP contribution in [0.2, 0.25) is 0 Å². The van der Waals surface area contributed by atoms with Gasteiger partial charge in [0, 0.05) is 11.3 Å². The van der Waals surface area contributed by atoms with E-state index in [1.54, 1.807) is 0 Å². The molecule has 0 atom stereocenters. The van der Waals surface area contributed by atoms with Crippen LogP contribution in [-0.2, 0) is 0 Å². The van der Waals surface area contributed by atoms with Gasteiger partial charge in [-0.1, -0.05) is 131 Å². The van der Waals surface area contributed by atoms with Gasteiger partial charge in [-0.05, 0) is 102 Å². The largest absolute Gasteiger partial charge is 0.292 e. The van der Waals surface area contributed by atoms with Crippen molar-refractivity contribution in [3.8, 4) is 61.6 Å². The summed E-state index contributed by atoms with van der Waals surface area (Å²) < 4.78 is 2.32. The Balaban J connectivity index is 1.32. The third-order valence-corrected chi connectivity index (χ3v) is 14.8. The molecule has 288 valence electrons. The number of benzene rings is 9. The van der Waals surface area contributed by atoms with Crippen molar-refractivity contribution < 1.29 is 0 Å². The minimum atomic E-state index is 0.926. The highest BCUT2D eigenvalue weighted by atomic mass is 15.1. The Morgan fingerprint density at radius 2 is 0.778 bits per heavy atom. The van der Waals surface area contributed by atoms with Gasteiger partial charge in [-0.25, -0.2) is 4.98 Å². The Bertz CT molecular complexity index is 3470. The molecular weight excluding hydrogens is 749 g/mol. The number of nitrogens with zero attached hydrogens (tertiary/aromatic N) is 2. The lowest BCUT2D eigenvalue weighted by Gasteiger charge is -2.24. The maximum Gasteiger partial charge on any atom is 0.146 e. The summed E-state index contributed by atoms with van der Waals surface area (Å²) in [4.78, 5) is 5.40. The van der Waals surface area contributed by atoms with Crippen molar-refractivity contribution in [2.24, 2.45) is 0 Å². The van der Waals surface area contributed by atoms with Crippen LogP contribution in [0.25, 0.3) is 94.2 Å². The predicted octanol–water partition coefficient (Wildman–Crippen LogP) is -3.75. The van der Waals surface area contributed by atoms with Crippen LogP contribution in [0.15, 0.2) is 146 Å². The van der Waals surface area contributed by atoms with Gasteiger partial charge in [0.25, 0.3) is 0 Å². The molecular formula is C51H44B10N2. The number of hydrogen-bond donors (Lipinski definition) is 0. The van der Waals surface area contributed by atoms with E-state index in [4.69, 9.17) is 4.98 Å². The first kappa shape index (κ1) is 40.7. The zero-order chi connectivity index (χ0) is 43.8. The number of para-hydroxylation sites is 3. The first-order valence-corrected chi connectivity index (χ1v) is 22.3. The fourth-order valence-electron chi connectivity index (χ4n) is 10.6. The number of hydrogen-bond acceptors (Lipinski definition) is 1. The van der Waals surface area contributed by atoms with Gasteiger partial charge in [-0.15, -0.1) is 32.8 Å². The fraction of sp³-hybridized carbons (Fsp3) is 0. The quantitative estimate of drug-likeness (QED) is 0.125. The maximum atomic E-state index is 5.40. The first-order valence-electron chi connectivity index (χ1n) is 22.3. The number of rotatable bonds is 6. The molecule has 0 unspecified atom stereocenters. The molecule has 0 aliphatic rings. The lowest BCUT2D eigenvalue weighted by atomic mass is 9.59. The van der Waals surface area contributed by atoms with Gasteiger partial charge in [-0.2, -0.15) is 0 Å². The second kappa shape index (κ2) is 15.8. The molecule has 12 heteroatoms. The molecule has 0 radical (unpaired) electrons. The minimum absolute atomic E-state index is 0.926. The summed E-state index contributed by atoms with van der Waals surface area (Å²) >= 11 is 0. The highest BCUT2D eigenvalue weighted by Crippen LogP contribution is 2.47. The van der Waals surface area contributed by atoms with Gasteiger partial charge in [-0.3, -0.25) is 4.57 Å². The van der Waals surface area contributed by atoms with Crippen molar-refractivity contribution in [3.05, 3.63) is 146 Å². The van der Waals surface area contributed by atoms with Crippen molar-refractivity contribution in [1.29, 1.82) is 0 Å². The van der Waals surface area contributed by atoms with Crippen molar-refractivity contribution >= 4 is 166 Å². The standard InChI is InChI=1S/C51H44B10N2/c52-41-38(42(53)46(57)49(60)45(41)56)26-12-10-11-25(23-26)37-29-15-4-5-16-30(29)40(32-22-21-27(24-34(32)37)39-43(54)47(58)50(61)48(59)44(39)55)31-17-6-7-18-33(31)51-62-35-19-8-9-20-36(35)63(51)28-13-2-1-3-14-28/h1-24H,52-61H2. The zero-order valence-corrected chi connectivity index (χ0v) is 38.3. The molecule has 0 saturated heterocycles. The zero-order valence-electron chi connectivity index (χ0n) is 38.3. The number of aromatic nitrogens is 2. The van der Waals surface area contributed by atoms with Gasteiger partial charge < -0.3 is 0 Å².